The third kappa shape index (κ3) is 9.81. The summed E-state index contributed by atoms with van der Waals surface area (Å²) in [6, 6.07) is 5.93. The zero-order chi connectivity index (χ0) is 22.4. The van der Waals surface area contributed by atoms with E-state index in [1.165, 1.54) is 6.08 Å². The SMILES string of the molecule is CCOC(=O)CCC(NC(=O)c1ccc(CCC/C=C/[N+](=O)[O-])cc1)C(=O)OCC. The Labute approximate surface area is 175 Å². The van der Waals surface area contributed by atoms with Gasteiger partial charge in [0.05, 0.1) is 18.1 Å². The normalized spacial score (nSPS) is 11.7. The second-order valence-electron chi connectivity index (χ2n) is 6.38. The van der Waals surface area contributed by atoms with E-state index in [1.54, 1.807) is 38.1 Å². The third-order valence-electron chi connectivity index (χ3n) is 4.10. The van der Waals surface area contributed by atoms with Crippen molar-refractivity contribution in [3.8, 4) is 0 Å². The van der Waals surface area contributed by atoms with Crippen LogP contribution in [0.3, 0.4) is 0 Å². The maximum Gasteiger partial charge on any atom is 0.328 e. The lowest BCUT2D eigenvalue weighted by molar-refractivity contribution is -0.402. The summed E-state index contributed by atoms with van der Waals surface area (Å²) in [6.07, 6.45) is 4.55. The Hall–Kier alpha value is -3.23. The van der Waals surface area contributed by atoms with Gasteiger partial charge >= 0.3 is 11.9 Å². The van der Waals surface area contributed by atoms with E-state index >= 15 is 0 Å². The average Bonchev–Trinajstić information content (AvgIpc) is 2.71. The average molecular weight is 420 g/mol. The van der Waals surface area contributed by atoms with E-state index in [-0.39, 0.29) is 26.1 Å². The maximum atomic E-state index is 12.5. The van der Waals surface area contributed by atoms with E-state index < -0.39 is 28.8 Å². The van der Waals surface area contributed by atoms with Gasteiger partial charge in [0.25, 0.3) is 5.91 Å². The molecule has 1 aromatic carbocycles. The van der Waals surface area contributed by atoms with Gasteiger partial charge in [0.2, 0.25) is 6.20 Å². The first-order valence-electron chi connectivity index (χ1n) is 9.89. The summed E-state index contributed by atoms with van der Waals surface area (Å²) in [5, 5.41) is 12.8. The van der Waals surface area contributed by atoms with Crippen molar-refractivity contribution in [1.82, 2.24) is 5.32 Å². The number of nitrogens with zero attached hydrogens (tertiary/aromatic N) is 1. The summed E-state index contributed by atoms with van der Waals surface area (Å²) in [5.74, 6) is -1.50. The summed E-state index contributed by atoms with van der Waals surface area (Å²) in [5.41, 5.74) is 1.36. The van der Waals surface area contributed by atoms with Crippen molar-refractivity contribution in [2.45, 2.75) is 52.0 Å². The van der Waals surface area contributed by atoms with Crippen molar-refractivity contribution in [3.63, 3.8) is 0 Å². The van der Waals surface area contributed by atoms with Crippen molar-refractivity contribution >= 4 is 17.8 Å². The van der Waals surface area contributed by atoms with Gasteiger partial charge in [-0.2, -0.15) is 0 Å². The number of benzene rings is 1. The number of nitro groups is 1. The number of hydrogen-bond acceptors (Lipinski definition) is 7. The lowest BCUT2D eigenvalue weighted by atomic mass is 10.1. The number of nitrogens with one attached hydrogen (secondary N) is 1. The topological polar surface area (TPSA) is 125 Å². The van der Waals surface area contributed by atoms with Crippen LogP contribution in [-0.2, 0) is 25.5 Å². The number of carbonyl (C=O) groups is 3. The Morgan fingerprint density at radius 2 is 1.80 bits per heavy atom. The van der Waals surface area contributed by atoms with Crippen molar-refractivity contribution in [3.05, 3.63) is 57.8 Å². The molecular weight excluding hydrogens is 392 g/mol. The first kappa shape index (κ1) is 24.8. The number of esters is 2. The summed E-state index contributed by atoms with van der Waals surface area (Å²) in [7, 11) is 0. The zero-order valence-electron chi connectivity index (χ0n) is 17.3. The molecule has 0 spiro atoms. The highest BCUT2D eigenvalue weighted by molar-refractivity contribution is 5.96. The first-order chi connectivity index (χ1) is 14.4. The monoisotopic (exact) mass is 420 g/mol. The Balaban J connectivity index is 2.63. The second-order valence-corrected chi connectivity index (χ2v) is 6.38. The van der Waals surface area contributed by atoms with E-state index in [1.807, 2.05) is 0 Å². The Morgan fingerprint density at radius 3 is 2.40 bits per heavy atom. The molecule has 1 aromatic rings. The fourth-order valence-electron chi connectivity index (χ4n) is 2.64. The number of ether oxygens (including phenoxy) is 2. The molecular formula is C21H28N2O7. The van der Waals surface area contributed by atoms with Crippen LogP contribution in [0.4, 0.5) is 0 Å². The molecule has 0 aromatic heterocycles. The van der Waals surface area contributed by atoms with Crippen LogP contribution in [-0.4, -0.2) is 42.0 Å². The summed E-state index contributed by atoms with van der Waals surface area (Å²) >= 11 is 0. The molecule has 0 heterocycles. The van der Waals surface area contributed by atoms with Gasteiger partial charge in [0.15, 0.2) is 0 Å². The first-order valence-corrected chi connectivity index (χ1v) is 9.89. The fourth-order valence-corrected chi connectivity index (χ4v) is 2.64. The molecule has 0 aliphatic rings. The predicted octanol–water partition coefficient (Wildman–Crippen LogP) is 2.80. The molecule has 1 atom stereocenters. The molecule has 9 heteroatoms. The number of amides is 1. The van der Waals surface area contributed by atoms with Gasteiger partial charge in [-0.15, -0.1) is 0 Å². The van der Waals surface area contributed by atoms with Crippen LogP contribution in [0.15, 0.2) is 36.5 Å². The number of rotatable bonds is 13. The van der Waals surface area contributed by atoms with Crippen LogP contribution < -0.4 is 5.32 Å². The Bertz CT molecular complexity index is 744. The fraction of sp³-hybridized carbons (Fsp3) is 0.476. The molecule has 0 saturated carbocycles. The Kier molecular flexibility index (Phi) is 11.5. The van der Waals surface area contributed by atoms with E-state index in [9.17, 15) is 24.5 Å². The van der Waals surface area contributed by atoms with Gasteiger partial charge in [0.1, 0.15) is 6.04 Å². The van der Waals surface area contributed by atoms with Gasteiger partial charge in [-0.3, -0.25) is 19.7 Å². The van der Waals surface area contributed by atoms with Crippen LogP contribution in [0.1, 0.15) is 55.5 Å². The quantitative estimate of drug-likeness (QED) is 0.225. The smallest absolute Gasteiger partial charge is 0.328 e. The zero-order valence-corrected chi connectivity index (χ0v) is 17.3. The third-order valence-corrected chi connectivity index (χ3v) is 4.10. The van der Waals surface area contributed by atoms with Gasteiger partial charge in [0, 0.05) is 12.0 Å². The number of aryl methyl sites for hydroxylation is 1. The van der Waals surface area contributed by atoms with Crippen molar-refractivity contribution in [2.24, 2.45) is 0 Å². The molecule has 0 aliphatic carbocycles. The summed E-state index contributed by atoms with van der Waals surface area (Å²) in [4.78, 5) is 45.9. The van der Waals surface area contributed by atoms with Crippen LogP contribution in [0.5, 0.6) is 0 Å². The van der Waals surface area contributed by atoms with Gasteiger partial charge in [-0.1, -0.05) is 12.1 Å². The highest BCUT2D eigenvalue weighted by Crippen LogP contribution is 2.10. The van der Waals surface area contributed by atoms with Gasteiger partial charge in [-0.05, 0) is 63.3 Å². The molecule has 164 valence electrons. The van der Waals surface area contributed by atoms with Crippen LogP contribution >= 0.6 is 0 Å². The summed E-state index contributed by atoms with van der Waals surface area (Å²) < 4.78 is 9.83. The van der Waals surface area contributed by atoms with E-state index in [0.29, 0.717) is 12.0 Å². The minimum absolute atomic E-state index is 0.0125. The number of unbranched alkanes of at least 4 members (excludes halogenated alkanes) is 1. The molecule has 0 saturated heterocycles. The standard InChI is InChI=1S/C21H28N2O7/c1-3-29-19(24)14-13-18(21(26)30-4-2)22-20(25)17-11-9-16(10-12-17)8-6-5-7-15-23(27)28/h7,9-12,15,18H,3-6,8,13-14H2,1-2H3,(H,22,25)/b15-7+. The van der Waals surface area contributed by atoms with Crippen LogP contribution in [0.25, 0.3) is 0 Å². The maximum absolute atomic E-state index is 12.5. The molecule has 1 unspecified atom stereocenters. The van der Waals surface area contributed by atoms with Crippen molar-refractivity contribution < 1.29 is 28.8 Å². The van der Waals surface area contributed by atoms with Gasteiger partial charge < -0.3 is 14.8 Å². The highest BCUT2D eigenvalue weighted by atomic mass is 16.6. The number of carbonyl (C=O) groups excluding carboxylic acids is 3. The highest BCUT2D eigenvalue weighted by Gasteiger charge is 2.23. The van der Waals surface area contributed by atoms with Crippen molar-refractivity contribution in [2.75, 3.05) is 13.2 Å². The Morgan fingerprint density at radius 1 is 1.13 bits per heavy atom. The van der Waals surface area contributed by atoms with E-state index in [2.05, 4.69) is 5.32 Å². The van der Waals surface area contributed by atoms with Crippen LogP contribution in [0.2, 0.25) is 0 Å². The lowest BCUT2D eigenvalue weighted by Gasteiger charge is -2.17. The number of hydrogen-bond donors (Lipinski definition) is 1. The second kappa shape index (κ2) is 13.9. The molecule has 0 aliphatic heterocycles. The molecule has 0 fully saturated rings. The minimum Gasteiger partial charge on any atom is -0.466 e. The number of allylic oxidation sites excluding steroid dienone is 1. The van der Waals surface area contributed by atoms with E-state index in [4.69, 9.17) is 9.47 Å². The van der Waals surface area contributed by atoms with E-state index in [0.717, 1.165) is 24.6 Å². The largest absolute Gasteiger partial charge is 0.466 e. The van der Waals surface area contributed by atoms with Gasteiger partial charge in [-0.25, -0.2) is 4.79 Å². The lowest BCUT2D eigenvalue weighted by Crippen LogP contribution is -2.42. The molecule has 9 nitrogen and oxygen atoms in total. The van der Waals surface area contributed by atoms with Crippen LogP contribution in [0, 0.1) is 10.1 Å². The molecule has 1 N–H and O–H groups in total. The minimum atomic E-state index is -0.949. The molecule has 0 radical (unpaired) electrons. The molecule has 1 rings (SSSR count). The predicted molar refractivity (Wildman–Crippen MR) is 109 cm³/mol. The molecule has 0 bridgehead atoms. The molecule has 30 heavy (non-hydrogen) atoms. The molecule has 1 amide bonds. The van der Waals surface area contributed by atoms with Crippen molar-refractivity contribution in [1.29, 1.82) is 0 Å². The summed E-state index contributed by atoms with van der Waals surface area (Å²) in [6.45, 7) is 3.76.